The number of nitro groups is 1. The molecule has 0 unspecified atom stereocenters. The monoisotopic (exact) mass is 456 g/mol. The molecule has 0 bridgehead atoms. The van der Waals surface area contributed by atoms with E-state index in [2.05, 4.69) is 15.4 Å². The summed E-state index contributed by atoms with van der Waals surface area (Å²) in [5.41, 5.74) is 4.35. The zero-order chi connectivity index (χ0) is 23.1. The quantitative estimate of drug-likeness (QED) is 0.430. The van der Waals surface area contributed by atoms with Crippen LogP contribution in [0.3, 0.4) is 0 Å². The van der Waals surface area contributed by atoms with Crippen LogP contribution in [0.25, 0.3) is 10.2 Å². The highest BCUT2D eigenvalue weighted by Gasteiger charge is 2.34. The SMILES string of the molecule is Cc1nn(CCC(=O)Nc2c(C(N)=O)sc3nc(C(F)(F)F)cc(C)c23)cc1[N+](=O)[O-]. The molecule has 3 rings (SSSR count). The molecular formula is C17H15F3N6O4S. The van der Waals surface area contributed by atoms with Crippen LogP contribution in [0.15, 0.2) is 12.3 Å². The van der Waals surface area contributed by atoms with E-state index in [1.165, 1.54) is 24.7 Å². The maximum atomic E-state index is 13.0. The van der Waals surface area contributed by atoms with Gasteiger partial charge < -0.3 is 11.1 Å². The Morgan fingerprint density at radius 1 is 1.35 bits per heavy atom. The van der Waals surface area contributed by atoms with Crippen molar-refractivity contribution >= 4 is 44.7 Å². The molecule has 0 spiro atoms. The first-order valence-corrected chi connectivity index (χ1v) is 9.49. The maximum absolute atomic E-state index is 13.0. The Labute approximate surface area is 176 Å². The van der Waals surface area contributed by atoms with Crippen LogP contribution in [-0.2, 0) is 17.5 Å². The summed E-state index contributed by atoms with van der Waals surface area (Å²) >= 11 is 0.649. The van der Waals surface area contributed by atoms with Crippen molar-refractivity contribution in [2.75, 3.05) is 5.32 Å². The van der Waals surface area contributed by atoms with Gasteiger partial charge in [0.25, 0.3) is 5.91 Å². The number of pyridine rings is 1. The molecule has 0 aliphatic carbocycles. The number of hydrogen-bond donors (Lipinski definition) is 2. The molecule has 0 fully saturated rings. The van der Waals surface area contributed by atoms with Gasteiger partial charge in [-0.3, -0.25) is 24.4 Å². The molecule has 0 radical (unpaired) electrons. The Morgan fingerprint density at radius 2 is 2.03 bits per heavy atom. The number of alkyl halides is 3. The lowest BCUT2D eigenvalue weighted by molar-refractivity contribution is -0.385. The van der Waals surface area contributed by atoms with Gasteiger partial charge in [0.05, 0.1) is 10.6 Å². The number of primary amides is 1. The Hall–Kier alpha value is -3.55. The molecule has 3 N–H and O–H groups in total. The highest BCUT2D eigenvalue weighted by molar-refractivity contribution is 7.21. The lowest BCUT2D eigenvalue weighted by Crippen LogP contribution is -2.18. The predicted octanol–water partition coefficient (Wildman–Crippen LogP) is 3.16. The predicted molar refractivity (Wildman–Crippen MR) is 105 cm³/mol. The number of hydrogen-bond acceptors (Lipinski definition) is 7. The average molecular weight is 456 g/mol. The number of carbonyl (C=O) groups excluding carboxylic acids is 2. The molecule has 3 aromatic heterocycles. The number of aryl methyl sites for hydroxylation is 3. The minimum absolute atomic E-state index is 0.00391. The smallest absolute Gasteiger partial charge is 0.365 e. The molecule has 14 heteroatoms. The number of nitrogens with two attached hydrogens (primary N) is 1. The van der Waals surface area contributed by atoms with E-state index in [1.807, 2.05) is 0 Å². The molecule has 3 heterocycles. The second-order valence-corrected chi connectivity index (χ2v) is 7.59. The van der Waals surface area contributed by atoms with Gasteiger partial charge in [-0.2, -0.15) is 18.3 Å². The molecule has 31 heavy (non-hydrogen) atoms. The van der Waals surface area contributed by atoms with Crippen molar-refractivity contribution in [3.63, 3.8) is 0 Å². The Kier molecular flexibility index (Phi) is 5.67. The van der Waals surface area contributed by atoms with Gasteiger partial charge in [0.15, 0.2) is 0 Å². The minimum atomic E-state index is -4.68. The molecule has 0 saturated heterocycles. The van der Waals surface area contributed by atoms with Gasteiger partial charge in [-0.15, -0.1) is 11.3 Å². The minimum Gasteiger partial charge on any atom is -0.365 e. The highest BCUT2D eigenvalue weighted by atomic mass is 32.1. The van der Waals surface area contributed by atoms with E-state index in [1.54, 1.807) is 0 Å². The van der Waals surface area contributed by atoms with E-state index in [-0.39, 0.29) is 50.7 Å². The fraction of sp³-hybridized carbons (Fsp3) is 0.294. The van der Waals surface area contributed by atoms with Crippen LogP contribution in [-0.4, -0.2) is 31.5 Å². The van der Waals surface area contributed by atoms with Crippen LogP contribution in [0.1, 0.15) is 33.0 Å². The summed E-state index contributed by atoms with van der Waals surface area (Å²) in [7, 11) is 0. The number of nitrogens with zero attached hydrogens (tertiary/aromatic N) is 4. The van der Waals surface area contributed by atoms with Gasteiger partial charge in [0, 0.05) is 18.4 Å². The maximum Gasteiger partial charge on any atom is 0.433 e. The van der Waals surface area contributed by atoms with E-state index in [0.717, 1.165) is 6.07 Å². The normalized spacial score (nSPS) is 11.6. The van der Waals surface area contributed by atoms with Crippen LogP contribution in [0.4, 0.5) is 24.5 Å². The number of amides is 2. The Bertz CT molecular complexity index is 1220. The number of carbonyl (C=O) groups is 2. The standard InChI is InChI=1S/C17H15F3N6O4S/c1-7-5-10(17(18,19)20)22-16-12(7)13(14(31-16)15(21)28)23-11(27)3-4-25-6-9(26(29)30)8(2)24-25/h5-6H,3-4H2,1-2H3,(H2,21,28)(H,23,27). The molecule has 2 amide bonds. The summed E-state index contributed by atoms with van der Waals surface area (Å²) in [5, 5.41) is 17.5. The van der Waals surface area contributed by atoms with E-state index in [0.29, 0.717) is 11.3 Å². The molecule has 3 aromatic rings. The third kappa shape index (κ3) is 4.47. The van der Waals surface area contributed by atoms with Crippen molar-refractivity contribution < 1.29 is 27.7 Å². The number of rotatable bonds is 6. The summed E-state index contributed by atoms with van der Waals surface area (Å²) in [6, 6.07) is 0.821. The number of anilines is 1. The van der Waals surface area contributed by atoms with Crippen LogP contribution in [0, 0.1) is 24.0 Å². The number of nitrogens with one attached hydrogen (secondary N) is 1. The number of aromatic nitrogens is 3. The fourth-order valence-corrected chi connectivity index (χ4v) is 4.00. The molecular weight excluding hydrogens is 441 g/mol. The molecule has 0 saturated carbocycles. The van der Waals surface area contributed by atoms with Crippen molar-refractivity contribution in [3.8, 4) is 0 Å². The second-order valence-electron chi connectivity index (χ2n) is 6.59. The number of fused-ring (bicyclic) bond motifs is 1. The van der Waals surface area contributed by atoms with Crippen LogP contribution in [0.5, 0.6) is 0 Å². The first-order valence-electron chi connectivity index (χ1n) is 8.68. The van der Waals surface area contributed by atoms with E-state index < -0.39 is 28.6 Å². The molecule has 0 aliphatic rings. The van der Waals surface area contributed by atoms with Gasteiger partial charge in [0.2, 0.25) is 5.91 Å². The summed E-state index contributed by atoms with van der Waals surface area (Å²) in [6.45, 7) is 2.86. The first kappa shape index (κ1) is 22.1. The summed E-state index contributed by atoms with van der Waals surface area (Å²) < 4.78 is 40.4. The van der Waals surface area contributed by atoms with Crippen LogP contribution < -0.4 is 11.1 Å². The number of thiophene rings is 1. The van der Waals surface area contributed by atoms with Gasteiger partial charge in [-0.25, -0.2) is 4.98 Å². The fourth-order valence-electron chi connectivity index (χ4n) is 2.94. The average Bonchev–Trinajstić information content (AvgIpc) is 3.20. The van der Waals surface area contributed by atoms with E-state index in [4.69, 9.17) is 5.73 Å². The second kappa shape index (κ2) is 7.94. The molecule has 0 aromatic carbocycles. The van der Waals surface area contributed by atoms with Crippen molar-refractivity contribution in [1.82, 2.24) is 14.8 Å². The molecule has 0 aliphatic heterocycles. The summed E-state index contributed by atoms with van der Waals surface area (Å²) in [4.78, 5) is 37.9. The molecule has 10 nitrogen and oxygen atoms in total. The highest BCUT2D eigenvalue weighted by Crippen LogP contribution is 2.39. The Morgan fingerprint density at radius 3 is 2.58 bits per heavy atom. The zero-order valence-corrected chi connectivity index (χ0v) is 16.9. The van der Waals surface area contributed by atoms with Gasteiger partial charge in [0.1, 0.15) is 27.3 Å². The van der Waals surface area contributed by atoms with Crippen molar-refractivity contribution in [3.05, 3.63) is 44.2 Å². The third-order valence-electron chi connectivity index (χ3n) is 4.32. The van der Waals surface area contributed by atoms with Crippen molar-refractivity contribution in [2.24, 2.45) is 5.73 Å². The largest absolute Gasteiger partial charge is 0.433 e. The first-order chi connectivity index (χ1) is 14.4. The van der Waals surface area contributed by atoms with Crippen LogP contribution in [0.2, 0.25) is 0 Å². The number of halogens is 3. The van der Waals surface area contributed by atoms with Gasteiger partial charge >= 0.3 is 11.9 Å². The van der Waals surface area contributed by atoms with Crippen molar-refractivity contribution in [1.29, 1.82) is 0 Å². The summed E-state index contributed by atoms with van der Waals surface area (Å²) in [6.07, 6.45) is -3.66. The zero-order valence-electron chi connectivity index (χ0n) is 16.1. The lowest BCUT2D eigenvalue weighted by atomic mass is 10.1. The van der Waals surface area contributed by atoms with Gasteiger partial charge in [-0.1, -0.05) is 0 Å². The van der Waals surface area contributed by atoms with Gasteiger partial charge in [-0.05, 0) is 25.5 Å². The Balaban J connectivity index is 1.88. The lowest BCUT2D eigenvalue weighted by Gasteiger charge is -2.10. The topological polar surface area (TPSA) is 146 Å². The third-order valence-corrected chi connectivity index (χ3v) is 5.42. The molecule has 164 valence electrons. The summed E-state index contributed by atoms with van der Waals surface area (Å²) in [5.74, 6) is -1.51. The van der Waals surface area contributed by atoms with Crippen LogP contribution >= 0.6 is 11.3 Å². The van der Waals surface area contributed by atoms with E-state index in [9.17, 15) is 32.9 Å². The van der Waals surface area contributed by atoms with E-state index >= 15 is 0 Å². The molecule has 0 atom stereocenters. The van der Waals surface area contributed by atoms with Crippen molar-refractivity contribution in [2.45, 2.75) is 33.0 Å².